The highest BCUT2D eigenvalue weighted by Gasteiger charge is 2.28. The molecule has 0 aliphatic carbocycles. The monoisotopic (exact) mass is 186 g/mol. The second kappa shape index (κ2) is 4.11. The first-order valence-electron chi connectivity index (χ1n) is 3.36. The average molecular weight is 186 g/mol. The lowest BCUT2D eigenvalue weighted by molar-refractivity contribution is -0.00143. The van der Waals surface area contributed by atoms with Gasteiger partial charge in [0.25, 0.3) is 6.43 Å². The molecule has 0 bridgehead atoms. The van der Waals surface area contributed by atoms with Gasteiger partial charge in [-0.15, -0.1) is 0 Å². The van der Waals surface area contributed by atoms with Crippen molar-refractivity contribution in [3.05, 3.63) is 0 Å². The molecule has 0 rings (SSSR count). The predicted molar refractivity (Wildman–Crippen MR) is 40.6 cm³/mol. The first kappa shape index (κ1) is 11.0. The van der Waals surface area contributed by atoms with Gasteiger partial charge in [0.2, 0.25) is 0 Å². The van der Waals surface area contributed by atoms with Gasteiger partial charge in [-0.3, -0.25) is 0 Å². The Hall–Kier alpha value is -0.0331. The van der Waals surface area contributed by atoms with E-state index in [2.05, 4.69) is 0 Å². The molecule has 0 radical (unpaired) electrons. The average Bonchev–Trinajstić information content (AvgIpc) is 1.87. The van der Waals surface area contributed by atoms with Gasteiger partial charge in [0.1, 0.15) is 10.5 Å². The normalized spacial score (nSPS) is 15.8. The third-order valence-electron chi connectivity index (χ3n) is 1.51. The molecule has 0 aromatic rings. The summed E-state index contributed by atoms with van der Waals surface area (Å²) in [6.45, 7) is 3.21. The van der Waals surface area contributed by atoms with Crippen LogP contribution in [0.1, 0.15) is 20.3 Å². The van der Waals surface area contributed by atoms with Crippen molar-refractivity contribution in [3.8, 4) is 0 Å². The second-order valence-electron chi connectivity index (χ2n) is 3.02. The topological polar surface area (TPSA) is 9.23 Å². The van der Waals surface area contributed by atoms with E-state index in [0.29, 0.717) is 10.5 Å². The van der Waals surface area contributed by atoms with Gasteiger partial charge in [0.05, 0.1) is 5.60 Å². The lowest BCUT2D eigenvalue weighted by atomic mass is 10.0. The summed E-state index contributed by atoms with van der Waals surface area (Å²) < 4.78 is 40.7. The second-order valence-corrected chi connectivity index (χ2v) is 3.43. The Balaban J connectivity index is 3.83. The number of hydrogen-bond donors (Lipinski definition) is 0. The number of halogens is 3. The maximum atomic E-state index is 12.4. The van der Waals surface area contributed by atoms with Crippen LogP contribution in [-0.2, 0) is 4.43 Å². The molecular formula is C6H13F3OSi. The summed E-state index contributed by atoms with van der Waals surface area (Å²) in [6.07, 6.45) is -5.21. The molecule has 1 atom stereocenters. The molecule has 0 aromatic carbocycles. The van der Waals surface area contributed by atoms with Crippen LogP contribution in [-0.4, -0.2) is 28.7 Å². The minimum atomic E-state index is -2.90. The molecule has 0 fully saturated rings. The molecule has 0 aromatic heterocycles. The van der Waals surface area contributed by atoms with E-state index in [4.69, 9.17) is 4.43 Å². The van der Waals surface area contributed by atoms with E-state index in [1.807, 2.05) is 0 Å². The Morgan fingerprint density at radius 2 is 1.82 bits per heavy atom. The van der Waals surface area contributed by atoms with Crippen molar-refractivity contribution in [2.75, 3.05) is 0 Å². The highest BCUT2D eigenvalue weighted by atomic mass is 28.2. The van der Waals surface area contributed by atoms with Gasteiger partial charge in [-0.25, -0.2) is 13.2 Å². The van der Waals surface area contributed by atoms with Crippen LogP contribution in [0.15, 0.2) is 0 Å². The lowest BCUT2D eigenvalue weighted by Crippen LogP contribution is -2.30. The van der Waals surface area contributed by atoms with Gasteiger partial charge >= 0.3 is 0 Å². The summed E-state index contributed by atoms with van der Waals surface area (Å²) in [5.74, 6) is 0. The Morgan fingerprint density at radius 3 is 2.09 bits per heavy atom. The van der Waals surface area contributed by atoms with Crippen molar-refractivity contribution in [1.29, 1.82) is 0 Å². The van der Waals surface area contributed by atoms with Crippen molar-refractivity contribution in [2.45, 2.75) is 38.5 Å². The quantitative estimate of drug-likeness (QED) is 0.596. The van der Waals surface area contributed by atoms with E-state index in [1.54, 1.807) is 13.8 Å². The molecule has 0 saturated carbocycles. The largest absolute Gasteiger partial charge is 0.423 e. The zero-order valence-corrected chi connectivity index (χ0v) is 8.90. The smallest absolute Gasteiger partial charge is 0.269 e. The van der Waals surface area contributed by atoms with Crippen LogP contribution < -0.4 is 0 Å². The number of rotatable bonds is 4. The zero-order chi connectivity index (χ0) is 9.07. The third-order valence-corrected chi connectivity index (χ3v) is 2.62. The zero-order valence-electron chi connectivity index (χ0n) is 6.90. The molecule has 0 aliphatic heterocycles. The minimum Gasteiger partial charge on any atom is -0.423 e. The van der Waals surface area contributed by atoms with Crippen LogP contribution in [0.2, 0.25) is 0 Å². The third kappa shape index (κ3) is 4.42. The van der Waals surface area contributed by atoms with E-state index >= 15 is 0 Å². The highest BCUT2D eigenvalue weighted by molar-refractivity contribution is 5.98. The van der Waals surface area contributed by atoms with Crippen molar-refractivity contribution in [3.63, 3.8) is 0 Å². The van der Waals surface area contributed by atoms with E-state index < -0.39 is 18.2 Å². The van der Waals surface area contributed by atoms with Gasteiger partial charge in [-0.1, -0.05) is 0 Å². The van der Waals surface area contributed by atoms with Gasteiger partial charge < -0.3 is 4.43 Å². The molecule has 1 nitrogen and oxygen atoms in total. The van der Waals surface area contributed by atoms with E-state index in [9.17, 15) is 13.2 Å². The molecule has 0 heterocycles. The Bertz CT molecular complexity index is 118. The molecule has 0 spiro atoms. The summed E-state index contributed by atoms with van der Waals surface area (Å²) >= 11 is 0. The number of alkyl halides is 3. The number of hydrogen-bond acceptors (Lipinski definition) is 1. The van der Waals surface area contributed by atoms with Crippen molar-refractivity contribution in [1.82, 2.24) is 0 Å². The van der Waals surface area contributed by atoms with Crippen LogP contribution in [0.4, 0.5) is 13.2 Å². The first-order chi connectivity index (χ1) is 4.89. The Kier molecular flexibility index (Phi) is 4.10. The SMILES string of the molecule is CC(C)(CC(F)C(F)F)O[SiH3]. The van der Waals surface area contributed by atoms with Crippen molar-refractivity contribution >= 4 is 10.5 Å². The fraction of sp³-hybridized carbons (Fsp3) is 1.00. The Morgan fingerprint density at radius 1 is 1.36 bits per heavy atom. The molecule has 0 aliphatic rings. The summed E-state index contributed by atoms with van der Waals surface area (Å²) in [5.41, 5.74) is -0.748. The van der Waals surface area contributed by atoms with Crippen molar-refractivity contribution < 1.29 is 17.6 Å². The molecule has 5 heteroatoms. The van der Waals surface area contributed by atoms with Gasteiger partial charge in [0, 0.05) is 6.42 Å². The molecule has 1 unspecified atom stereocenters. The van der Waals surface area contributed by atoms with Crippen LogP contribution in [0.3, 0.4) is 0 Å². The maximum absolute atomic E-state index is 12.4. The molecule has 0 amide bonds. The standard InChI is InChI=1S/C6H13F3OSi/c1-6(2,10-11)3-4(7)5(8)9/h4-5H,3H2,1-2,11H3. The van der Waals surface area contributed by atoms with Crippen LogP contribution in [0.5, 0.6) is 0 Å². The van der Waals surface area contributed by atoms with Gasteiger partial charge in [-0.05, 0) is 13.8 Å². The molecule has 11 heavy (non-hydrogen) atoms. The van der Waals surface area contributed by atoms with Crippen molar-refractivity contribution in [2.24, 2.45) is 0 Å². The summed E-state index contributed by atoms with van der Waals surface area (Å²) in [7, 11) is 0.437. The first-order valence-corrected chi connectivity index (χ1v) is 4.18. The van der Waals surface area contributed by atoms with E-state index in [-0.39, 0.29) is 6.42 Å². The van der Waals surface area contributed by atoms with E-state index in [0.717, 1.165) is 0 Å². The van der Waals surface area contributed by atoms with Gasteiger partial charge in [0.15, 0.2) is 6.17 Å². The van der Waals surface area contributed by atoms with Crippen LogP contribution in [0.25, 0.3) is 0 Å². The summed E-state index contributed by atoms with van der Waals surface area (Å²) in [4.78, 5) is 0. The maximum Gasteiger partial charge on any atom is 0.269 e. The fourth-order valence-corrected chi connectivity index (χ4v) is 0.809. The van der Waals surface area contributed by atoms with Crippen LogP contribution in [0, 0.1) is 0 Å². The molecule has 0 saturated heterocycles. The lowest BCUT2D eigenvalue weighted by Gasteiger charge is -2.25. The summed E-state index contributed by atoms with van der Waals surface area (Å²) in [6, 6.07) is 0. The highest BCUT2D eigenvalue weighted by Crippen LogP contribution is 2.21. The predicted octanol–water partition coefficient (Wildman–Crippen LogP) is 1.06. The Labute approximate surface area is 67.5 Å². The van der Waals surface area contributed by atoms with Crippen LogP contribution >= 0.6 is 0 Å². The fourth-order valence-electron chi connectivity index (χ4n) is 0.642. The van der Waals surface area contributed by atoms with Gasteiger partial charge in [-0.2, -0.15) is 0 Å². The minimum absolute atomic E-state index is 0.242. The van der Waals surface area contributed by atoms with E-state index in [1.165, 1.54) is 0 Å². The summed E-state index contributed by atoms with van der Waals surface area (Å²) in [5, 5.41) is 0. The molecule has 68 valence electrons. The molecule has 0 N–H and O–H groups in total. The molecular weight excluding hydrogens is 173 g/mol.